The Morgan fingerprint density at radius 1 is 1.64 bits per heavy atom. The van der Waals surface area contributed by atoms with Gasteiger partial charge in [0.25, 0.3) is 0 Å². The number of aryl methyl sites for hydroxylation is 2. The molecule has 2 unspecified atom stereocenters. The van der Waals surface area contributed by atoms with Crippen LogP contribution in [0.1, 0.15) is 41.0 Å². The average molecular weight is 209 g/mol. The number of rotatable bonds is 2. The Labute approximate surface area is 90.3 Å². The van der Waals surface area contributed by atoms with Crippen molar-refractivity contribution in [2.45, 2.75) is 39.0 Å². The Hall–Kier alpha value is -0.340. The van der Waals surface area contributed by atoms with Crippen molar-refractivity contribution in [2.75, 3.05) is 6.54 Å². The lowest BCUT2D eigenvalue weighted by molar-refractivity contribution is 0.420. The van der Waals surface area contributed by atoms with Gasteiger partial charge < -0.3 is 5.73 Å². The number of hydrogen-bond acceptors (Lipinski definition) is 2. The topological polar surface area (TPSA) is 26.0 Å². The zero-order chi connectivity index (χ0) is 10.1. The summed E-state index contributed by atoms with van der Waals surface area (Å²) in [7, 11) is 0. The molecule has 2 N–H and O–H groups in total. The minimum atomic E-state index is 0.645. The van der Waals surface area contributed by atoms with Gasteiger partial charge in [-0.3, -0.25) is 0 Å². The summed E-state index contributed by atoms with van der Waals surface area (Å²) in [4.78, 5) is 3.10. The summed E-state index contributed by atoms with van der Waals surface area (Å²) in [6.07, 6.45) is 3.97. The molecule has 0 spiro atoms. The summed E-state index contributed by atoms with van der Waals surface area (Å²) in [5.41, 5.74) is 7.37. The first-order chi connectivity index (χ1) is 6.72. The molecule has 0 saturated carbocycles. The molecule has 0 bridgehead atoms. The summed E-state index contributed by atoms with van der Waals surface area (Å²) in [6, 6.07) is 2.37. The average Bonchev–Trinajstić information content (AvgIpc) is 2.56. The van der Waals surface area contributed by atoms with Gasteiger partial charge in [0.2, 0.25) is 0 Å². The van der Waals surface area contributed by atoms with Gasteiger partial charge in [0.05, 0.1) is 0 Å². The highest BCUT2D eigenvalue weighted by Crippen LogP contribution is 2.41. The summed E-state index contributed by atoms with van der Waals surface area (Å²) in [6.45, 7) is 5.32. The molecule has 78 valence electrons. The van der Waals surface area contributed by atoms with E-state index in [2.05, 4.69) is 19.9 Å². The van der Waals surface area contributed by atoms with Crippen LogP contribution in [0.15, 0.2) is 6.07 Å². The number of hydrogen-bond donors (Lipinski definition) is 1. The van der Waals surface area contributed by atoms with Crippen molar-refractivity contribution in [1.82, 2.24) is 0 Å². The number of thiophene rings is 1. The highest BCUT2D eigenvalue weighted by Gasteiger charge is 2.26. The van der Waals surface area contributed by atoms with Crippen molar-refractivity contribution in [3.8, 4) is 0 Å². The predicted molar refractivity (Wildman–Crippen MR) is 63.0 cm³/mol. The van der Waals surface area contributed by atoms with Crippen molar-refractivity contribution in [1.29, 1.82) is 0 Å². The Morgan fingerprint density at radius 2 is 2.43 bits per heavy atom. The van der Waals surface area contributed by atoms with Crippen LogP contribution in [0.5, 0.6) is 0 Å². The van der Waals surface area contributed by atoms with Crippen molar-refractivity contribution in [2.24, 2.45) is 11.7 Å². The lowest BCUT2D eigenvalue weighted by Gasteiger charge is -2.26. The molecule has 2 rings (SSSR count). The third-order valence-corrected chi connectivity index (χ3v) is 4.55. The van der Waals surface area contributed by atoms with Gasteiger partial charge in [-0.25, -0.2) is 0 Å². The van der Waals surface area contributed by atoms with Crippen LogP contribution < -0.4 is 5.73 Å². The molecular formula is C12H19NS. The largest absolute Gasteiger partial charge is 0.330 e. The minimum absolute atomic E-state index is 0.645. The Bertz CT molecular complexity index is 316. The molecule has 1 heterocycles. The SMILES string of the molecule is Cc1cc2c(s1)C(C(C)CN)CCC2. The summed E-state index contributed by atoms with van der Waals surface area (Å²) in [5.74, 6) is 1.38. The van der Waals surface area contributed by atoms with Gasteiger partial charge in [-0.2, -0.15) is 0 Å². The summed E-state index contributed by atoms with van der Waals surface area (Å²) < 4.78 is 0. The minimum Gasteiger partial charge on any atom is -0.330 e. The fourth-order valence-corrected chi connectivity index (χ4v) is 3.79. The van der Waals surface area contributed by atoms with Crippen LogP contribution >= 0.6 is 11.3 Å². The van der Waals surface area contributed by atoms with E-state index in [9.17, 15) is 0 Å². The van der Waals surface area contributed by atoms with E-state index < -0.39 is 0 Å². The van der Waals surface area contributed by atoms with Gasteiger partial charge in [0, 0.05) is 9.75 Å². The molecule has 14 heavy (non-hydrogen) atoms. The van der Waals surface area contributed by atoms with Crippen LogP contribution in [-0.2, 0) is 6.42 Å². The first-order valence-electron chi connectivity index (χ1n) is 5.51. The summed E-state index contributed by atoms with van der Waals surface area (Å²) >= 11 is 1.99. The maximum atomic E-state index is 5.77. The van der Waals surface area contributed by atoms with Gasteiger partial charge >= 0.3 is 0 Å². The lowest BCUT2D eigenvalue weighted by Crippen LogP contribution is -2.21. The van der Waals surface area contributed by atoms with E-state index in [1.807, 2.05) is 11.3 Å². The monoisotopic (exact) mass is 209 g/mol. The third kappa shape index (κ3) is 1.73. The van der Waals surface area contributed by atoms with Gasteiger partial charge in [-0.05, 0) is 56.2 Å². The first kappa shape index (κ1) is 10.2. The van der Waals surface area contributed by atoms with Crippen molar-refractivity contribution in [3.05, 3.63) is 21.4 Å². The molecule has 1 nitrogen and oxygen atoms in total. The van der Waals surface area contributed by atoms with Crippen molar-refractivity contribution >= 4 is 11.3 Å². The Kier molecular flexibility index (Phi) is 2.93. The molecule has 1 aromatic rings. The Balaban J connectivity index is 2.30. The maximum absolute atomic E-state index is 5.77. The fraction of sp³-hybridized carbons (Fsp3) is 0.667. The van der Waals surface area contributed by atoms with E-state index >= 15 is 0 Å². The van der Waals surface area contributed by atoms with Crippen LogP contribution in [0.25, 0.3) is 0 Å². The zero-order valence-electron chi connectivity index (χ0n) is 9.05. The van der Waals surface area contributed by atoms with Crippen LogP contribution in [-0.4, -0.2) is 6.54 Å². The molecule has 0 fully saturated rings. The second kappa shape index (κ2) is 4.03. The van der Waals surface area contributed by atoms with Gasteiger partial charge in [0.15, 0.2) is 0 Å². The molecule has 0 aromatic carbocycles. The highest BCUT2D eigenvalue weighted by atomic mass is 32.1. The van der Waals surface area contributed by atoms with Gasteiger partial charge in [-0.15, -0.1) is 11.3 Å². The molecule has 0 amide bonds. The van der Waals surface area contributed by atoms with E-state index in [0.717, 1.165) is 12.5 Å². The van der Waals surface area contributed by atoms with Crippen molar-refractivity contribution < 1.29 is 0 Å². The standard InChI is InChI=1S/C12H19NS/c1-8(7-13)11-5-3-4-10-6-9(2)14-12(10)11/h6,8,11H,3-5,7,13H2,1-2H3. The van der Waals surface area contributed by atoms with E-state index in [4.69, 9.17) is 5.73 Å². The Morgan fingerprint density at radius 3 is 3.14 bits per heavy atom. The normalized spacial score (nSPS) is 23.2. The van der Waals surface area contributed by atoms with Gasteiger partial charge in [0.1, 0.15) is 0 Å². The molecule has 1 aliphatic rings. The first-order valence-corrected chi connectivity index (χ1v) is 6.33. The van der Waals surface area contributed by atoms with Crippen LogP contribution in [0.4, 0.5) is 0 Å². The van der Waals surface area contributed by atoms with E-state index in [1.165, 1.54) is 24.1 Å². The molecule has 0 aliphatic heterocycles. The van der Waals surface area contributed by atoms with E-state index in [0.29, 0.717) is 5.92 Å². The summed E-state index contributed by atoms with van der Waals surface area (Å²) in [5, 5.41) is 0. The van der Waals surface area contributed by atoms with E-state index in [-0.39, 0.29) is 0 Å². The molecule has 1 aromatic heterocycles. The molecule has 0 saturated heterocycles. The van der Waals surface area contributed by atoms with Crippen LogP contribution in [0, 0.1) is 12.8 Å². The van der Waals surface area contributed by atoms with Crippen LogP contribution in [0.3, 0.4) is 0 Å². The van der Waals surface area contributed by atoms with E-state index in [1.54, 1.807) is 10.4 Å². The molecule has 2 atom stereocenters. The smallest absolute Gasteiger partial charge is 0.0114 e. The molecule has 0 radical (unpaired) electrons. The van der Waals surface area contributed by atoms with Crippen LogP contribution in [0.2, 0.25) is 0 Å². The molecule has 2 heteroatoms. The number of fused-ring (bicyclic) bond motifs is 1. The maximum Gasteiger partial charge on any atom is 0.0114 e. The molecular weight excluding hydrogens is 190 g/mol. The third-order valence-electron chi connectivity index (χ3n) is 3.32. The predicted octanol–water partition coefficient (Wildman–Crippen LogP) is 3.07. The molecule has 1 aliphatic carbocycles. The zero-order valence-corrected chi connectivity index (χ0v) is 9.86. The highest BCUT2D eigenvalue weighted by molar-refractivity contribution is 7.12. The fourth-order valence-electron chi connectivity index (χ4n) is 2.44. The number of nitrogens with two attached hydrogens (primary N) is 1. The van der Waals surface area contributed by atoms with Crippen molar-refractivity contribution in [3.63, 3.8) is 0 Å². The van der Waals surface area contributed by atoms with Gasteiger partial charge in [-0.1, -0.05) is 6.92 Å². The quantitative estimate of drug-likeness (QED) is 0.796. The second-order valence-electron chi connectivity index (χ2n) is 4.46. The second-order valence-corrected chi connectivity index (χ2v) is 5.75. The lowest BCUT2D eigenvalue weighted by atomic mass is 9.81.